The van der Waals surface area contributed by atoms with E-state index in [0.717, 1.165) is 0 Å². The molecule has 0 spiro atoms. The van der Waals surface area contributed by atoms with Crippen molar-refractivity contribution in [1.29, 1.82) is 0 Å². The van der Waals surface area contributed by atoms with Crippen molar-refractivity contribution in [2.45, 2.75) is 33.2 Å². The number of hydrogen-bond acceptors (Lipinski definition) is 3. The highest BCUT2D eigenvalue weighted by Crippen LogP contribution is 2.21. The zero-order valence-electron chi connectivity index (χ0n) is 11.4. The van der Waals surface area contributed by atoms with Crippen molar-refractivity contribution in [3.05, 3.63) is 29.8 Å². The quantitative estimate of drug-likeness (QED) is 0.776. The van der Waals surface area contributed by atoms with Gasteiger partial charge in [0.05, 0.1) is 11.3 Å². The van der Waals surface area contributed by atoms with Gasteiger partial charge in [-0.05, 0) is 17.5 Å². The molecular weight excluding hydrogens is 244 g/mol. The number of carboxylic acid groups (broad SMARTS) is 1. The van der Waals surface area contributed by atoms with Crippen LogP contribution in [0.25, 0.3) is 0 Å². The first-order chi connectivity index (χ1) is 8.71. The van der Waals surface area contributed by atoms with Crippen molar-refractivity contribution in [1.82, 2.24) is 0 Å². The Morgan fingerprint density at radius 1 is 1.32 bits per heavy atom. The molecule has 0 aliphatic rings. The third-order valence-electron chi connectivity index (χ3n) is 2.95. The van der Waals surface area contributed by atoms with Crippen LogP contribution in [0.5, 0.6) is 0 Å². The summed E-state index contributed by atoms with van der Waals surface area (Å²) in [5.74, 6) is -1.35. The normalized spacial score (nSPS) is 12.8. The molecule has 19 heavy (non-hydrogen) atoms. The average molecular weight is 264 g/mol. The summed E-state index contributed by atoms with van der Waals surface area (Å²) in [5, 5.41) is 11.6. The topological polar surface area (TPSA) is 92.4 Å². The fraction of sp³-hybridized carbons (Fsp3) is 0.429. The third kappa shape index (κ3) is 4.37. The van der Waals surface area contributed by atoms with Gasteiger partial charge in [-0.15, -0.1) is 0 Å². The van der Waals surface area contributed by atoms with E-state index >= 15 is 0 Å². The number of carboxylic acids is 1. The van der Waals surface area contributed by atoms with Crippen LogP contribution in [0, 0.1) is 5.41 Å². The Morgan fingerprint density at radius 2 is 1.89 bits per heavy atom. The van der Waals surface area contributed by atoms with Gasteiger partial charge in [0, 0.05) is 12.5 Å². The summed E-state index contributed by atoms with van der Waals surface area (Å²) in [5.41, 5.74) is 6.11. The Labute approximate surface area is 112 Å². The van der Waals surface area contributed by atoms with Crippen LogP contribution in [0.15, 0.2) is 24.3 Å². The molecule has 0 radical (unpaired) electrons. The minimum atomic E-state index is -1.07. The van der Waals surface area contributed by atoms with E-state index in [9.17, 15) is 9.59 Å². The van der Waals surface area contributed by atoms with E-state index in [1.54, 1.807) is 18.2 Å². The molecule has 0 bridgehead atoms. The van der Waals surface area contributed by atoms with Crippen LogP contribution in [-0.2, 0) is 4.79 Å². The van der Waals surface area contributed by atoms with E-state index in [4.69, 9.17) is 10.8 Å². The van der Waals surface area contributed by atoms with Gasteiger partial charge in [0.1, 0.15) is 0 Å². The molecule has 0 heterocycles. The van der Waals surface area contributed by atoms with Crippen molar-refractivity contribution in [2.24, 2.45) is 11.1 Å². The molecule has 1 amide bonds. The molecule has 0 aliphatic heterocycles. The number of aromatic carboxylic acids is 1. The molecule has 0 saturated heterocycles. The van der Waals surface area contributed by atoms with Crippen LogP contribution in [-0.4, -0.2) is 23.0 Å². The summed E-state index contributed by atoms with van der Waals surface area (Å²) < 4.78 is 0. The second-order valence-electron chi connectivity index (χ2n) is 5.58. The number of amides is 1. The lowest BCUT2D eigenvalue weighted by atomic mass is 9.85. The molecule has 5 nitrogen and oxygen atoms in total. The molecule has 0 saturated carbocycles. The van der Waals surface area contributed by atoms with E-state index < -0.39 is 5.97 Å². The van der Waals surface area contributed by atoms with Crippen LogP contribution in [0.3, 0.4) is 0 Å². The minimum Gasteiger partial charge on any atom is -0.478 e. The van der Waals surface area contributed by atoms with Gasteiger partial charge in [-0.3, -0.25) is 4.79 Å². The van der Waals surface area contributed by atoms with Crippen LogP contribution in [0.1, 0.15) is 37.6 Å². The molecule has 0 fully saturated rings. The first kappa shape index (κ1) is 15.2. The SMILES string of the molecule is CC(C)(C)C(N)CC(=O)Nc1ccccc1C(=O)O. The van der Waals surface area contributed by atoms with Gasteiger partial charge in [0.2, 0.25) is 5.91 Å². The van der Waals surface area contributed by atoms with Crippen LogP contribution < -0.4 is 11.1 Å². The average Bonchev–Trinajstić information content (AvgIpc) is 2.27. The van der Waals surface area contributed by atoms with Crippen LogP contribution in [0.2, 0.25) is 0 Å². The van der Waals surface area contributed by atoms with E-state index in [2.05, 4.69) is 5.32 Å². The van der Waals surface area contributed by atoms with Gasteiger partial charge in [-0.1, -0.05) is 32.9 Å². The molecule has 0 aliphatic carbocycles. The number of para-hydroxylation sites is 1. The lowest BCUT2D eigenvalue weighted by Crippen LogP contribution is -2.38. The zero-order valence-corrected chi connectivity index (χ0v) is 11.4. The molecule has 0 aromatic heterocycles. The Kier molecular flexibility index (Phi) is 4.67. The monoisotopic (exact) mass is 264 g/mol. The van der Waals surface area contributed by atoms with Crippen molar-refractivity contribution < 1.29 is 14.7 Å². The first-order valence-corrected chi connectivity index (χ1v) is 6.09. The number of anilines is 1. The molecule has 1 atom stereocenters. The summed E-state index contributed by atoms with van der Waals surface area (Å²) in [4.78, 5) is 22.9. The van der Waals surface area contributed by atoms with Gasteiger partial charge >= 0.3 is 5.97 Å². The number of rotatable bonds is 4. The fourth-order valence-corrected chi connectivity index (χ4v) is 1.49. The number of nitrogens with two attached hydrogens (primary N) is 1. The largest absolute Gasteiger partial charge is 0.478 e. The highest BCUT2D eigenvalue weighted by molar-refractivity contribution is 6.00. The van der Waals surface area contributed by atoms with Crippen molar-refractivity contribution in [2.75, 3.05) is 5.32 Å². The number of benzene rings is 1. The van der Waals surface area contributed by atoms with Gasteiger partial charge in [-0.2, -0.15) is 0 Å². The first-order valence-electron chi connectivity index (χ1n) is 6.09. The van der Waals surface area contributed by atoms with Crippen LogP contribution in [0.4, 0.5) is 5.69 Å². The molecule has 1 rings (SSSR count). The smallest absolute Gasteiger partial charge is 0.337 e. The van der Waals surface area contributed by atoms with E-state index in [-0.39, 0.29) is 29.3 Å². The highest BCUT2D eigenvalue weighted by Gasteiger charge is 2.23. The molecule has 104 valence electrons. The van der Waals surface area contributed by atoms with Crippen molar-refractivity contribution in [3.63, 3.8) is 0 Å². The molecule has 5 heteroatoms. The standard InChI is InChI=1S/C14H20N2O3/c1-14(2,3)11(15)8-12(17)16-10-7-5-4-6-9(10)13(18)19/h4-7,11H,8,15H2,1-3H3,(H,16,17)(H,18,19). The summed E-state index contributed by atoms with van der Waals surface area (Å²) in [6, 6.07) is 6.00. The highest BCUT2D eigenvalue weighted by atomic mass is 16.4. The van der Waals surface area contributed by atoms with Crippen molar-refractivity contribution in [3.8, 4) is 0 Å². The lowest BCUT2D eigenvalue weighted by Gasteiger charge is -2.26. The lowest BCUT2D eigenvalue weighted by molar-refractivity contribution is -0.117. The summed E-state index contributed by atoms with van der Waals surface area (Å²) in [7, 11) is 0. The van der Waals surface area contributed by atoms with E-state index in [1.807, 2.05) is 20.8 Å². The number of nitrogens with one attached hydrogen (secondary N) is 1. The molecule has 1 aromatic carbocycles. The summed E-state index contributed by atoms with van der Waals surface area (Å²) >= 11 is 0. The number of carbonyl (C=O) groups is 2. The van der Waals surface area contributed by atoms with Gasteiger partial charge < -0.3 is 16.2 Å². The minimum absolute atomic E-state index is 0.0696. The predicted octanol–water partition coefficient (Wildman–Crippen LogP) is 2.09. The van der Waals surface area contributed by atoms with Gasteiger partial charge in [0.15, 0.2) is 0 Å². The van der Waals surface area contributed by atoms with E-state index in [1.165, 1.54) is 6.07 Å². The fourth-order valence-electron chi connectivity index (χ4n) is 1.49. The summed E-state index contributed by atoms with van der Waals surface area (Å²) in [6.07, 6.45) is 0.150. The second-order valence-corrected chi connectivity index (χ2v) is 5.58. The summed E-state index contributed by atoms with van der Waals surface area (Å²) in [6.45, 7) is 5.86. The molecular formula is C14H20N2O3. The second kappa shape index (κ2) is 5.84. The van der Waals surface area contributed by atoms with Crippen LogP contribution >= 0.6 is 0 Å². The molecule has 4 N–H and O–H groups in total. The Hall–Kier alpha value is -1.88. The Morgan fingerprint density at radius 3 is 2.42 bits per heavy atom. The predicted molar refractivity (Wildman–Crippen MR) is 74.1 cm³/mol. The maximum Gasteiger partial charge on any atom is 0.337 e. The Bertz CT molecular complexity index is 478. The zero-order chi connectivity index (χ0) is 14.6. The maximum absolute atomic E-state index is 11.9. The van der Waals surface area contributed by atoms with Crippen molar-refractivity contribution >= 4 is 17.6 Å². The van der Waals surface area contributed by atoms with E-state index in [0.29, 0.717) is 5.69 Å². The third-order valence-corrected chi connectivity index (χ3v) is 2.95. The van der Waals surface area contributed by atoms with Gasteiger partial charge in [-0.25, -0.2) is 4.79 Å². The van der Waals surface area contributed by atoms with Gasteiger partial charge in [0.25, 0.3) is 0 Å². The number of hydrogen-bond donors (Lipinski definition) is 3. The number of carbonyl (C=O) groups excluding carboxylic acids is 1. The molecule has 1 aromatic rings. The molecule has 1 unspecified atom stereocenters. The maximum atomic E-state index is 11.9. The Balaban J connectivity index is 2.76.